The first-order valence-corrected chi connectivity index (χ1v) is 15.1. The number of esters is 3. The fourth-order valence-electron chi connectivity index (χ4n) is 8.41. The second-order valence-corrected chi connectivity index (χ2v) is 13.4. The molecule has 1 N–H and O–H groups in total. The topological polar surface area (TPSA) is 161 Å². The van der Waals surface area contributed by atoms with Gasteiger partial charge in [-0.05, 0) is 62.7 Å². The van der Waals surface area contributed by atoms with Gasteiger partial charge in [0, 0.05) is 0 Å². The maximum absolute atomic E-state index is 13.4. The summed E-state index contributed by atoms with van der Waals surface area (Å²) in [6.07, 6.45) is 2.99. The number of carbonyl (C=O) groups excluding carboxylic acids is 3. The average Bonchev–Trinajstić information content (AvgIpc) is 3.51. The van der Waals surface area contributed by atoms with Gasteiger partial charge in [0.2, 0.25) is 0 Å². The molecular weight excluding hydrogens is 562 g/mol. The van der Waals surface area contributed by atoms with Crippen LogP contribution in [0.2, 0.25) is 0 Å². The third-order valence-corrected chi connectivity index (χ3v) is 10.7. The molecule has 0 aromatic heterocycles. The van der Waals surface area contributed by atoms with Crippen LogP contribution in [-0.4, -0.2) is 91.6 Å². The lowest BCUT2D eigenvalue weighted by Crippen LogP contribution is -2.65. The molecule has 3 saturated heterocycles. The third kappa shape index (κ3) is 4.34. The fraction of sp³-hybridized carbons (Fsp3) is 0.880. The molecule has 4 aliphatic carbocycles. The van der Waals surface area contributed by atoms with E-state index < -0.39 is 57.3 Å². The molecule has 224 valence electrons. The summed E-state index contributed by atoms with van der Waals surface area (Å²) in [6.45, 7) is 0.883. The van der Waals surface area contributed by atoms with Crippen LogP contribution < -0.4 is 0 Å². The van der Waals surface area contributed by atoms with Crippen molar-refractivity contribution in [1.29, 1.82) is 0 Å². The van der Waals surface area contributed by atoms with Gasteiger partial charge in [-0.1, -0.05) is 6.92 Å². The molecule has 0 spiro atoms. The summed E-state index contributed by atoms with van der Waals surface area (Å²) in [5.41, 5.74) is -1.14. The van der Waals surface area contributed by atoms with Crippen LogP contribution in [0.25, 0.3) is 0 Å². The van der Waals surface area contributed by atoms with Gasteiger partial charge in [0.05, 0.1) is 29.8 Å². The largest absolute Gasteiger partial charge is 0.465 e. The van der Waals surface area contributed by atoms with Crippen molar-refractivity contribution in [2.24, 2.45) is 23.7 Å². The number of fused-ring (bicyclic) bond motifs is 1. The van der Waals surface area contributed by atoms with Gasteiger partial charge in [-0.25, -0.2) is 9.59 Å². The highest BCUT2D eigenvalue weighted by Gasteiger charge is 2.66. The number of rotatable bonds is 11. The Morgan fingerprint density at radius 1 is 1.07 bits per heavy atom. The normalized spacial score (nSPS) is 42.8. The van der Waals surface area contributed by atoms with E-state index in [1.54, 1.807) is 0 Å². The van der Waals surface area contributed by atoms with E-state index in [0.717, 1.165) is 19.3 Å². The zero-order valence-corrected chi connectivity index (χ0v) is 22.6. The van der Waals surface area contributed by atoms with Crippen molar-refractivity contribution in [2.75, 3.05) is 19.8 Å². The maximum atomic E-state index is 13.4. The number of hydrogen-bond acceptors (Lipinski definition) is 11. The molecule has 12 nitrogen and oxygen atoms in total. The molecule has 7 atom stereocenters. The van der Waals surface area contributed by atoms with Crippen molar-refractivity contribution >= 4 is 28.0 Å². The van der Waals surface area contributed by atoms with Crippen LogP contribution in [0, 0.1) is 23.7 Å². The Balaban J connectivity index is 1.03. The molecule has 40 heavy (non-hydrogen) atoms. The highest BCUT2D eigenvalue weighted by molar-refractivity contribution is 7.87. The van der Waals surface area contributed by atoms with E-state index >= 15 is 0 Å². The summed E-state index contributed by atoms with van der Waals surface area (Å²) in [4.78, 5) is 36.1. The van der Waals surface area contributed by atoms with Crippen molar-refractivity contribution < 1.29 is 64.6 Å². The van der Waals surface area contributed by atoms with Gasteiger partial charge < -0.3 is 28.4 Å². The molecule has 7 unspecified atom stereocenters. The van der Waals surface area contributed by atoms with Crippen LogP contribution in [0.3, 0.4) is 0 Å². The summed E-state index contributed by atoms with van der Waals surface area (Å²) in [7, 11) is -5.94. The maximum Gasteiger partial charge on any atom is 0.465 e. The molecule has 4 saturated carbocycles. The minimum Gasteiger partial charge on any atom is -0.458 e. The molecule has 6 bridgehead atoms. The molecule has 3 aliphatic heterocycles. The summed E-state index contributed by atoms with van der Waals surface area (Å²) in [5.74, 6) is -3.01. The van der Waals surface area contributed by atoms with E-state index in [1.807, 2.05) is 6.92 Å². The van der Waals surface area contributed by atoms with Crippen LogP contribution in [-0.2, 0) is 52.9 Å². The monoisotopic (exact) mass is 594 g/mol. The van der Waals surface area contributed by atoms with Crippen molar-refractivity contribution in [1.82, 2.24) is 0 Å². The summed E-state index contributed by atoms with van der Waals surface area (Å²) in [6, 6.07) is 0. The molecule has 0 aromatic rings. The zero-order valence-electron chi connectivity index (χ0n) is 21.8. The minimum absolute atomic E-state index is 0.0588. The molecule has 0 amide bonds. The summed E-state index contributed by atoms with van der Waals surface area (Å²) in [5, 5.41) is -5.06. The first kappa shape index (κ1) is 28.2. The lowest BCUT2D eigenvalue weighted by molar-refractivity contribution is -0.262. The Labute approximate surface area is 229 Å². The Hall–Kier alpha value is -1.94. The van der Waals surface area contributed by atoms with Crippen LogP contribution in [0.4, 0.5) is 8.78 Å². The van der Waals surface area contributed by atoms with Gasteiger partial charge in [0.25, 0.3) is 0 Å². The molecule has 3 heterocycles. The van der Waals surface area contributed by atoms with Gasteiger partial charge in [0.1, 0.15) is 19.3 Å². The second kappa shape index (κ2) is 9.54. The smallest absolute Gasteiger partial charge is 0.458 e. The van der Waals surface area contributed by atoms with E-state index in [2.05, 4.69) is 4.74 Å². The number of halogens is 2. The Kier molecular flexibility index (Phi) is 6.73. The van der Waals surface area contributed by atoms with E-state index in [9.17, 15) is 31.6 Å². The van der Waals surface area contributed by atoms with Crippen LogP contribution in [0.1, 0.15) is 51.9 Å². The lowest BCUT2D eigenvalue weighted by Gasteiger charge is -2.64. The molecule has 7 aliphatic rings. The van der Waals surface area contributed by atoms with Gasteiger partial charge in [-0.3, -0.25) is 9.35 Å². The van der Waals surface area contributed by atoms with Crippen LogP contribution in [0.15, 0.2) is 0 Å². The van der Waals surface area contributed by atoms with Crippen LogP contribution >= 0.6 is 0 Å². The lowest BCUT2D eigenvalue weighted by atomic mass is 9.47. The molecule has 0 aromatic carbocycles. The number of carbonyl (C=O) groups is 3. The van der Waals surface area contributed by atoms with Gasteiger partial charge in [0.15, 0.2) is 12.2 Å². The first-order chi connectivity index (χ1) is 18.8. The van der Waals surface area contributed by atoms with E-state index in [0.29, 0.717) is 31.6 Å². The molecule has 15 heteroatoms. The van der Waals surface area contributed by atoms with Gasteiger partial charge in [-0.15, -0.1) is 0 Å². The van der Waals surface area contributed by atoms with Crippen LogP contribution in [0.5, 0.6) is 0 Å². The molecule has 7 fully saturated rings. The zero-order chi connectivity index (χ0) is 28.7. The SMILES string of the molecule is CCC1(OCCOC(=O)C(F)(F)S(=O)(=O)O)C2CC3CC1CC(OCC(=O)OC1C4CC5C(=O)OC1C5O4)(C3)C2. The first-order valence-electron chi connectivity index (χ1n) is 13.6. The van der Waals surface area contributed by atoms with Crippen molar-refractivity contribution in [3.05, 3.63) is 0 Å². The summed E-state index contributed by atoms with van der Waals surface area (Å²) >= 11 is 0. The quantitative estimate of drug-likeness (QED) is 0.159. The van der Waals surface area contributed by atoms with E-state index in [1.165, 1.54) is 0 Å². The molecular formula is C25H32F2O12S. The van der Waals surface area contributed by atoms with E-state index in [-0.39, 0.29) is 49.1 Å². The fourth-order valence-corrected chi connectivity index (χ4v) is 8.68. The number of alkyl halides is 2. The Bertz CT molecular complexity index is 1170. The molecule has 7 rings (SSSR count). The number of hydrogen-bond donors (Lipinski definition) is 1. The molecule has 0 radical (unpaired) electrons. The van der Waals surface area contributed by atoms with Gasteiger partial charge in [-0.2, -0.15) is 17.2 Å². The van der Waals surface area contributed by atoms with Crippen molar-refractivity contribution in [3.63, 3.8) is 0 Å². The highest BCUT2D eigenvalue weighted by atomic mass is 32.2. The Morgan fingerprint density at radius 2 is 1.77 bits per heavy atom. The van der Waals surface area contributed by atoms with Crippen molar-refractivity contribution in [3.8, 4) is 0 Å². The van der Waals surface area contributed by atoms with Crippen molar-refractivity contribution in [2.45, 2.75) is 92.7 Å². The number of ether oxygens (including phenoxy) is 6. The minimum atomic E-state index is -5.94. The van der Waals surface area contributed by atoms with E-state index in [4.69, 9.17) is 28.2 Å². The third-order valence-electron chi connectivity index (χ3n) is 9.86. The standard InChI is InChI=1S/C25H32F2O12S/c1-2-24(35-4-3-34-22(30)25(26,27)40(31,32)33)13-5-12-6-14(24)10-23(8-12,9-13)36-11-17(28)38-19-16-7-15-18(37-16)20(19)39-21(15)29/h12-16,18-20H,2-11H2,1H3,(H,31,32,33). The predicted octanol–water partition coefficient (Wildman–Crippen LogP) is 1.40. The predicted molar refractivity (Wildman–Crippen MR) is 125 cm³/mol. The Morgan fingerprint density at radius 3 is 2.42 bits per heavy atom. The second-order valence-electron chi connectivity index (χ2n) is 11.9. The summed E-state index contributed by atoms with van der Waals surface area (Å²) < 4.78 is 90.5. The highest BCUT2D eigenvalue weighted by Crippen LogP contribution is 2.63. The van der Waals surface area contributed by atoms with Gasteiger partial charge >= 0.3 is 33.3 Å². The average molecular weight is 595 g/mol.